The van der Waals surface area contributed by atoms with E-state index < -0.39 is 10.0 Å². The van der Waals surface area contributed by atoms with Crippen molar-refractivity contribution < 1.29 is 8.42 Å². The number of sulfonamides is 1. The number of hydrogen-bond acceptors (Lipinski definition) is 2. The van der Waals surface area contributed by atoms with E-state index in [1.807, 2.05) is 0 Å². The molecule has 15 heavy (non-hydrogen) atoms. The summed E-state index contributed by atoms with van der Waals surface area (Å²) in [6, 6.07) is 5.94. The van der Waals surface area contributed by atoms with E-state index in [1.54, 1.807) is 19.1 Å². The van der Waals surface area contributed by atoms with Crippen molar-refractivity contribution in [1.29, 1.82) is 0 Å². The minimum atomic E-state index is -3.57. The largest absolute Gasteiger partial charge is 0.242 e. The monoisotopic (exact) mass is 267 g/mol. The highest BCUT2D eigenvalue weighted by Crippen LogP contribution is 2.20. The van der Waals surface area contributed by atoms with E-state index in [9.17, 15) is 8.42 Å². The Morgan fingerprint density at radius 3 is 2.53 bits per heavy atom. The summed E-state index contributed by atoms with van der Waals surface area (Å²) >= 11 is 11.3. The summed E-state index contributed by atoms with van der Waals surface area (Å²) < 4.78 is 26.0. The number of alkyl halides is 1. The minimum Gasteiger partial charge on any atom is -0.207 e. The lowest BCUT2D eigenvalue weighted by Gasteiger charge is -2.11. The third-order valence-electron chi connectivity index (χ3n) is 1.71. The molecule has 0 radical (unpaired) electrons. The van der Waals surface area contributed by atoms with Crippen molar-refractivity contribution in [2.75, 3.05) is 5.88 Å². The summed E-state index contributed by atoms with van der Waals surface area (Å²) in [5.41, 5.74) is 0. The molecule has 1 aromatic rings. The van der Waals surface area contributed by atoms with E-state index in [2.05, 4.69) is 4.72 Å². The van der Waals surface area contributed by atoms with Crippen molar-refractivity contribution in [3.63, 3.8) is 0 Å². The van der Waals surface area contributed by atoms with Gasteiger partial charge in [-0.25, -0.2) is 13.1 Å². The summed E-state index contributed by atoms with van der Waals surface area (Å²) in [7, 11) is -3.57. The second-order valence-corrected chi connectivity index (χ2v) is 5.51. The van der Waals surface area contributed by atoms with Crippen LogP contribution in [0.2, 0.25) is 5.02 Å². The van der Waals surface area contributed by atoms with Gasteiger partial charge in [0.15, 0.2) is 0 Å². The van der Waals surface area contributed by atoms with Crippen molar-refractivity contribution in [2.45, 2.75) is 17.9 Å². The Balaban J connectivity index is 3.02. The molecule has 0 spiro atoms. The van der Waals surface area contributed by atoms with Crippen LogP contribution < -0.4 is 4.72 Å². The highest BCUT2D eigenvalue weighted by molar-refractivity contribution is 7.89. The molecule has 0 saturated heterocycles. The van der Waals surface area contributed by atoms with Gasteiger partial charge in [0.1, 0.15) is 4.90 Å². The summed E-state index contributed by atoms with van der Waals surface area (Å²) in [5.74, 6) is 0.212. The summed E-state index contributed by atoms with van der Waals surface area (Å²) in [6.07, 6.45) is 0. The molecule has 0 aromatic heterocycles. The fourth-order valence-electron chi connectivity index (χ4n) is 1.02. The molecule has 1 rings (SSSR count). The molecule has 1 atom stereocenters. The molecule has 0 amide bonds. The number of benzene rings is 1. The van der Waals surface area contributed by atoms with Gasteiger partial charge < -0.3 is 0 Å². The SMILES string of the molecule is CC(CCl)NS(=O)(=O)c1ccccc1Cl. The summed E-state index contributed by atoms with van der Waals surface area (Å²) in [4.78, 5) is 0.0728. The lowest BCUT2D eigenvalue weighted by Crippen LogP contribution is -2.33. The van der Waals surface area contributed by atoms with Gasteiger partial charge in [0.05, 0.1) is 5.02 Å². The Bertz CT molecular complexity index is 433. The molecule has 0 aliphatic heterocycles. The number of rotatable bonds is 4. The first kappa shape index (κ1) is 12.8. The van der Waals surface area contributed by atoms with Gasteiger partial charge in [-0.05, 0) is 19.1 Å². The molecule has 3 nitrogen and oxygen atoms in total. The second kappa shape index (κ2) is 5.16. The van der Waals surface area contributed by atoms with Crippen LogP contribution in [-0.4, -0.2) is 20.3 Å². The van der Waals surface area contributed by atoms with Gasteiger partial charge in [0.2, 0.25) is 10.0 Å². The third-order valence-corrected chi connectivity index (χ3v) is 4.27. The summed E-state index contributed by atoms with van der Waals surface area (Å²) in [5, 5.41) is 0.201. The molecule has 0 aliphatic rings. The van der Waals surface area contributed by atoms with Gasteiger partial charge in [0, 0.05) is 11.9 Å². The zero-order valence-corrected chi connectivity index (χ0v) is 10.4. The number of halogens is 2. The average molecular weight is 268 g/mol. The zero-order valence-electron chi connectivity index (χ0n) is 8.07. The van der Waals surface area contributed by atoms with Gasteiger partial charge in [-0.1, -0.05) is 23.7 Å². The van der Waals surface area contributed by atoms with Crippen LogP contribution in [0.4, 0.5) is 0 Å². The Hall–Kier alpha value is -0.290. The first-order valence-electron chi connectivity index (χ1n) is 4.30. The molecule has 0 bridgehead atoms. The predicted molar refractivity (Wildman–Crippen MR) is 62.0 cm³/mol. The Morgan fingerprint density at radius 1 is 1.40 bits per heavy atom. The molecule has 6 heteroatoms. The quantitative estimate of drug-likeness (QED) is 0.851. The minimum absolute atomic E-state index is 0.0728. The fraction of sp³-hybridized carbons (Fsp3) is 0.333. The van der Waals surface area contributed by atoms with Crippen LogP contribution in [0.25, 0.3) is 0 Å². The van der Waals surface area contributed by atoms with Crippen molar-refractivity contribution in [3.8, 4) is 0 Å². The van der Waals surface area contributed by atoms with Crippen LogP contribution in [0.15, 0.2) is 29.2 Å². The van der Waals surface area contributed by atoms with Gasteiger partial charge in [-0.3, -0.25) is 0 Å². The number of hydrogen-bond donors (Lipinski definition) is 1. The molecule has 0 fully saturated rings. The van der Waals surface area contributed by atoms with Crippen LogP contribution in [0.3, 0.4) is 0 Å². The third kappa shape index (κ3) is 3.34. The predicted octanol–water partition coefficient (Wildman–Crippen LogP) is 2.25. The Morgan fingerprint density at radius 2 is 2.00 bits per heavy atom. The van der Waals surface area contributed by atoms with Gasteiger partial charge in [-0.2, -0.15) is 0 Å². The zero-order chi connectivity index (χ0) is 11.5. The van der Waals surface area contributed by atoms with Crippen LogP contribution in [0.1, 0.15) is 6.92 Å². The van der Waals surface area contributed by atoms with E-state index in [4.69, 9.17) is 23.2 Å². The van der Waals surface area contributed by atoms with Crippen LogP contribution in [-0.2, 0) is 10.0 Å². The van der Waals surface area contributed by atoms with E-state index in [0.717, 1.165) is 0 Å². The lowest BCUT2D eigenvalue weighted by atomic mass is 10.4. The summed E-state index contributed by atoms with van der Waals surface area (Å²) in [6.45, 7) is 1.68. The van der Waals surface area contributed by atoms with Crippen LogP contribution >= 0.6 is 23.2 Å². The molecule has 84 valence electrons. The second-order valence-electron chi connectivity index (χ2n) is 3.11. The standard InChI is InChI=1S/C9H11Cl2NO2S/c1-7(6-10)12-15(13,14)9-5-3-2-4-8(9)11/h2-5,7,12H,6H2,1H3. The Kier molecular flexibility index (Phi) is 4.40. The van der Waals surface area contributed by atoms with Crippen molar-refractivity contribution in [2.24, 2.45) is 0 Å². The lowest BCUT2D eigenvalue weighted by molar-refractivity contribution is 0.570. The van der Waals surface area contributed by atoms with E-state index >= 15 is 0 Å². The molecular weight excluding hydrogens is 257 g/mol. The molecule has 0 aliphatic carbocycles. The number of nitrogens with one attached hydrogen (secondary N) is 1. The smallest absolute Gasteiger partial charge is 0.207 e. The topological polar surface area (TPSA) is 46.2 Å². The maximum Gasteiger partial charge on any atom is 0.242 e. The van der Waals surface area contributed by atoms with E-state index in [1.165, 1.54) is 12.1 Å². The molecule has 0 saturated carbocycles. The van der Waals surface area contributed by atoms with E-state index in [-0.39, 0.29) is 21.8 Å². The molecule has 1 N–H and O–H groups in total. The van der Waals surface area contributed by atoms with Crippen LogP contribution in [0, 0.1) is 0 Å². The highest BCUT2D eigenvalue weighted by Gasteiger charge is 2.19. The molecular formula is C9H11Cl2NO2S. The maximum atomic E-state index is 11.8. The molecule has 1 unspecified atom stereocenters. The molecule has 0 heterocycles. The maximum absolute atomic E-state index is 11.8. The van der Waals surface area contributed by atoms with E-state index in [0.29, 0.717) is 0 Å². The van der Waals surface area contributed by atoms with Crippen LogP contribution in [0.5, 0.6) is 0 Å². The van der Waals surface area contributed by atoms with Gasteiger partial charge in [-0.15, -0.1) is 11.6 Å². The fourth-order valence-corrected chi connectivity index (χ4v) is 2.95. The van der Waals surface area contributed by atoms with Crippen molar-refractivity contribution >= 4 is 33.2 Å². The average Bonchev–Trinajstić information content (AvgIpc) is 2.17. The highest BCUT2D eigenvalue weighted by atomic mass is 35.5. The van der Waals surface area contributed by atoms with Crippen molar-refractivity contribution in [1.82, 2.24) is 4.72 Å². The van der Waals surface area contributed by atoms with Gasteiger partial charge >= 0.3 is 0 Å². The first-order valence-corrected chi connectivity index (χ1v) is 6.70. The first-order chi connectivity index (χ1) is 6.97. The Labute approximate surface area is 99.4 Å². The molecule has 1 aromatic carbocycles. The van der Waals surface area contributed by atoms with Crippen molar-refractivity contribution in [3.05, 3.63) is 29.3 Å². The normalized spacial score (nSPS) is 13.8. The van der Waals surface area contributed by atoms with Gasteiger partial charge in [0.25, 0.3) is 0 Å².